The number of hydrogen-bond donors (Lipinski definition) is 1. The van der Waals surface area contributed by atoms with E-state index in [1.54, 1.807) is 23.1 Å². The molecule has 0 radical (unpaired) electrons. The summed E-state index contributed by atoms with van der Waals surface area (Å²) in [4.78, 5) is 15.1. The smallest absolute Gasteiger partial charge is 0.256 e. The normalized spacial score (nSPS) is 10.8. The molecule has 0 aliphatic carbocycles. The summed E-state index contributed by atoms with van der Waals surface area (Å²) in [6.07, 6.45) is 0. The second-order valence-electron chi connectivity index (χ2n) is 6.27. The molecule has 4 nitrogen and oxygen atoms in total. The van der Waals surface area contributed by atoms with Crippen molar-refractivity contribution in [2.75, 3.05) is 25.1 Å². The molecule has 0 unspecified atom stereocenters. The first kappa shape index (κ1) is 21.6. The van der Waals surface area contributed by atoms with E-state index >= 15 is 0 Å². The molecular weight excluding hydrogens is 402 g/mol. The van der Waals surface area contributed by atoms with E-state index in [4.69, 9.17) is 9.47 Å². The SMILES string of the molecule is CCOCCOCc1cccc(NC(=O)c2ccccc2SCc2cccs2)c1. The van der Waals surface area contributed by atoms with Crippen molar-refractivity contribution >= 4 is 34.7 Å². The Bertz CT molecular complexity index is 897. The predicted octanol–water partition coefficient (Wildman–Crippen LogP) is 5.85. The first-order valence-electron chi connectivity index (χ1n) is 9.56. The number of anilines is 1. The molecule has 1 aromatic heterocycles. The first-order valence-corrected chi connectivity index (χ1v) is 11.4. The summed E-state index contributed by atoms with van der Waals surface area (Å²) in [5.74, 6) is 0.755. The molecule has 0 saturated carbocycles. The van der Waals surface area contributed by atoms with Gasteiger partial charge in [0, 0.05) is 27.8 Å². The van der Waals surface area contributed by atoms with Gasteiger partial charge in [-0.3, -0.25) is 4.79 Å². The summed E-state index contributed by atoms with van der Waals surface area (Å²) in [5.41, 5.74) is 2.46. The van der Waals surface area contributed by atoms with E-state index in [9.17, 15) is 4.79 Å². The second kappa shape index (κ2) is 11.8. The zero-order valence-corrected chi connectivity index (χ0v) is 18.1. The topological polar surface area (TPSA) is 47.6 Å². The number of hydrogen-bond acceptors (Lipinski definition) is 5. The number of rotatable bonds is 11. The third-order valence-corrected chi connectivity index (χ3v) is 6.29. The standard InChI is InChI=1S/C23H25NO3S2/c1-2-26-12-13-27-16-18-7-5-8-19(15-18)24-23(25)21-10-3-4-11-22(21)29-17-20-9-6-14-28-20/h3-11,14-15H,2,12-13,16-17H2,1H3,(H,24,25). The number of carbonyl (C=O) groups excluding carboxylic acids is 1. The van der Waals surface area contributed by atoms with Gasteiger partial charge in [-0.1, -0.05) is 30.3 Å². The van der Waals surface area contributed by atoms with Crippen LogP contribution in [0.3, 0.4) is 0 Å². The molecule has 3 rings (SSSR count). The zero-order valence-electron chi connectivity index (χ0n) is 16.4. The predicted molar refractivity (Wildman–Crippen MR) is 121 cm³/mol. The van der Waals surface area contributed by atoms with Crippen molar-refractivity contribution < 1.29 is 14.3 Å². The quantitative estimate of drug-likeness (QED) is 0.308. The fraction of sp³-hybridized carbons (Fsp3) is 0.261. The lowest BCUT2D eigenvalue weighted by molar-refractivity contribution is 0.0453. The Kier molecular flexibility index (Phi) is 8.77. The summed E-state index contributed by atoms with van der Waals surface area (Å²) >= 11 is 3.41. The molecule has 1 heterocycles. The number of nitrogens with one attached hydrogen (secondary N) is 1. The zero-order chi connectivity index (χ0) is 20.3. The van der Waals surface area contributed by atoms with Gasteiger partial charge in [-0.25, -0.2) is 0 Å². The number of thioether (sulfide) groups is 1. The maximum absolute atomic E-state index is 12.9. The van der Waals surface area contributed by atoms with Crippen LogP contribution in [-0.2, 0) is 21.8 Å². The third-order valence-electron chi connectivity index (χ3n) is 4.11. The molecule has 0 aliphatic rings. The fourth-order valence-electron chi connectivity index (χ4n) is 2.71. The highest BCUT2D eigenvalue weighted by atomic mass is 32.2. The van der Waals surface area contributed by atoms with Crippen LogP contribution in [0.4, 0.5) is 5.69 Å². The summed E-state index contributed by atoms with van der Waals surface area (Å²) in [5, 5.41) is 5.08. The first-order chi connectivity index (χ1) is 14.3. The fourth-order valence-corrected chi connectivity index (χ4v) is 4.54. The minimum atomic E-state index is -0.103. The van der Waals surface area contributed by atoms with Crippen molar-refractivity contribution in [2.45, 2.75) is 24.2 Å². The van der Waals surface area contributed by atoms with Gasteiger partial charge >= 0.3 is 0 Å². The van der Waals surface area contributed by atoms with Crippen LogP contribution in [0.15, 0.2) is 70.9 Å². The Hall–Kier alpha value is -2.12. The van der Waals surface area contributed by atoms with Gasteiger partial charge in [0.2, 0.25) is 0 Å². The molecule has 0 aliphatic heterocycles. The molecular formula is C23H25NO3S2. The Morgan fingerprint density at radius 2 is 1.90 bits per heavy atom. The van der Waals surface area contributed by atoms with Crippen LogP contribution in [0.5, 0.6) is 0 Å². The number of carbonyl (C=O) groups is 1. The van der Waals surface area contributed by atoms with Gasteiger partial charge in [-0.2, -0.15) is 0 Å². The van der Waals surface area contributed by atoms with E-state index in [1.165, 1.54) is 4.88 Å². The summed E-state index contributed by atoms with van der Waals surface area (Å²) in [6, 6.07) is 19.6. The van der Waals surface area contributed by atoms with Crippen molar-refractivity contribution in [1.82, 2.24) is 0 Å². The molecule has 152 valence electrons. The molecule has 29 heavy (non-hydrogen) atoms. The van der Waals surface area contributed by atoms with Crippen LogP contribution in [-0.4, -0.2) is 25.7 Å². The second-order valence-corrected chi connectivity index (χ2v) is 8.32. The van der Waals surface area contributed by atoms with Gasteiger partial charge in [0.05, 0.1) is 25.4 Å². The molecule has 0 saturated heterocycles. The number of thiophene rings is 1. The van der Waals surface area contributed by atoms with Gasteiger partial charge in [-0.05, 0) is 48.2 Å². The largest absolute Gasteiger partial charge is 0.379 e. The van der Waals surface area contributed by atoms with Crippen molar-refractivity contribution in [3.8, 4) is 0 Å². The minimum Gasteiger partial charge on any atom is -0.379 e. The highest BCUT2D eigenvalue weighted by molar-refractivity contribution is 7.98. The maximum Gasteiger partial charge on any atom is 0.256 e. The lowest BCUT2D eigenvalue weighted by Crippen LogP contribution is -2.13. The maximum atomic E-state index is 12.9. The number of amides is 1. The molecule has 3 aromatic rings. The van der Waals surface area contributed by atoms with Crippen LogP contribution in [0, 0.1) is 0 Å². The van der Waals surface area contributed by atoms with Crippen molar-refractivity contribution in [3.63, 3.8) is 0 Å². The monoisotopic (exact) mass is 427 g/mol. The van der Waals surface area contributed by atoms with Crippen LogP contribution >= 0.6 is 23.1 Å². The highest BCUT2D eigenvalue weighted by Gasteiger charge is 2.12. The van der Waals surface area contributed by atoms with Gasteiger partial charge in [0.15, 0.2) is 0 Å². The Labute approximate surface area is 180 Å². The van der Waals surface area contributed by atoms with Crippen molar-refractivity contribution in [3.05, 3.63) is 82.0 Å². The lowest BCUT2D eigenvalue weighted by atomic mass is 10.2. The van der Waals surface area contributed by atoms with E-state index in [1.807, 2.05) is 61.5 Å². The van der Waals surface area contributed by atoms with Gasteiger partial charge in [0.25, 0.3) is 5.91 Å². The van der Waals surface area contributed by atoms with E-state index in [0.29, 0.717) is 32.0 Å². The van der Waals surface area contributed by atoms with Crippen LogP contribution in [0.25, 0.3) is 0 Å². The molecule has 6 heteroatoms. The molecule has 1 N–H and O–H groups in total. The molecule has 0 atom stereocenters. The van der Waals surface area contributed by atoms with Gasteiger partial charge < -0.3 is 14.8 Å². The van der Waals surface area contributed by atoms with Crippen molar-refractivity contribution in [1.29, 1.82) is 0 Å². The molecule has 1 amide bonds. The summed E-state index contributed by atoms with van der Waals surface area (Å²) in [7, 11) is 0. The molecule has 0 fully saturated rings. The Balaban J connectivity index is 1.59. The number of benzene rings is 2. The van der Waals surface area contributed by atoms with Crippen LogP contribution in [0.1, 0.15) is 27.7 Å². The highest BCUT2D eigenvalue weighted by Crippen LogP contribution is 2.28. The Morgan fingerprint density at radius 3 is 2.72 bits per heavy atom. The molecule has 0 spiro atoms. The number of ether oxygens (including phenoxy) is 2. The lowest BCUT2D eigenvalue weighted by Gasteiger charge is -2.11. The van der Waals surface area contributed by atoms with E-state index < -0.39 is 0 Å². The Morgan fingerprint density at radius 1 is 1.03 bits per heavy atom. The van der Waals surface area contributed by atoms with E-state index in [-0.39, 0.29) is 5.91 Å². The average molecular weight is 428 g/mol. The average Bonchev–Trinajstić information content (AvgIpc) is 3.26. The van der Waals surface area contributed by atoms with E-state index in [0.717, 1.165) is 21.9 Å². The summed E-state index contributed by atoms with van der Waals surface area (Å²) < 4.78 is 10.9. The van der Waals surface area contributed by atoms with Gasteiger partial charge in [0.1, 0.15) is 0 Å². The van der Waals surface area contributed by atoms with Crippen molar-refractivity contribution in [2.24, 2.45) is 0 Å². The molecule has 0 bridgehead atoms. The van der Waals surface area contributed by atoms with Crippen LogP contribution < -0.4 is 5.32 Å². The summed E-state index contributed by atoms with van der Waals surface area (Å²) in [6.45, 7) is 4.29. The van der Waals surface area contributed by atoms with Crippen LogP contribution in [0.2, 0.25) is 0 Å². The minimum absolute atomic E-state index is 0.103. The molecule has 2 aromatic carbocycles. The third kappa shape index (κ3) is 7.01. The van der Waals surface area contributed by atoms with Gasteiger partial charge in [-0.15, -0.1) is 23.1 Å². The van der Waals surface area contributed by atoms with E-state index in [2.05, 4.69) is 16.8 Å².